The van der Waals surface area contributed by atoms with Crippen molar-refractivity contribution in [1.82, 2.24) is 20.2 Å². The molecule has 156 valence electrons. The van der Waals surface area contributed by atoms with Crippen LogP contribution in [-0.4, -0.2) is 45.8 Å². The average Bonchev–Trinajstić information content (AvgIpc) is 3.21. The van der Waals surface area contributed by atoms with Gasteiger partial charge in [0.1, 0.15) is 0 Å². The van der Waals surface area contributed by atoms with Crippen LogP contribution in [0.25, 0.3) is 11.0 Å². The molecule has 1 fully saturated rings. The van der Waals surface area contributed by atoms with E-state index < -0.39 is 0 Å². The van der Waals surface area contributed by atoms with Gasteiger partial charge in [0.2, 0.25) is 0 Å². The highest BCUT2D eigenvalue weighted by Crippen LogP contribution is 2.22. The number of aromatic nitrogens is 2. The molecule has 3 aromatic rings. The Hall–Kier alpha value is -3.15. The van der Waals surface area contributed by atoms with E-state index in [1.165, 1.54) is 5.56 Å². The first-order valence-electron chi connectivity index (χ1n) is 10.4. The molecule has 2 N–H and O–H groups in total. The van der Waals surface area contributed by atoms with E-state index >= 15 is 0 Å². The lowest BCUT2D eigenvalue weighted by Crippen LogP contribution is -2.46. The molecule has 0 saturated carbocycles. The number of carbonyl (C=O) groups excluding carboxylic acids is 2. The number of imidazole rings is 1. The van der Waals surface area contributed by atoms with Gasteiger partial charge in [0.05, 0.1) is 17.4 Å². The number of nitrogens with zero attached hydrogens (tertiary/aromatic N) is 2. The fourth-order valence-electron chi connectivity index (χ4n) is 3.87. The van der Waals surface area contributed by atoms with Crippen LogP contribution in [0.3, 0.4) is 0 Å². The summed E-state index contributed by atoms with van der Waals surface area (Å²) in [5, 5.41) is 3.12. The molecule has 2 heterocycles. The Labute approximate surface area is 176 Å². The molecule has 2 aromatic carbocycles. The van der Waals surface area contributed by atoms with Gasteiger partial charge in [-0.25, -0.2) is 4.98 Å². The third-order valence-corrected chi connectivity index (χ3v) is 5.80. The highest BCUT2D eigenvalue weighted by atomic mass is 16.2. The lowest BCUT2D eigenvalue weighted by molar-refractivity contribution is 0.0698. The van der Waals surface area contributed by atoms with Gasteiger partial charge < -0.3 is 15.2 Å². The Morgan fingerprint density at radius 1 is 1.03 bits per heavy atom. The number of H-pyrrole nitrogens is 1. The molecule has 0 aliphatic carbocycles. The summed E-state index contributed by atoms with van der Waals surface area (Å²) in [6.07, 6.45) is 3.14. The molecule has 1 aliphatic heterocycles. The van der Waals surface area contributed by atoms with Crippen molar-refractivity contribution >= 4 is 22.8 Å². The Balaban J connectivity index is 1.32. The molecular weight excluding hydrogens is 376 g/mol. The molecule has 1 aromatic heterocycles. The second kappa shape index (κ2) is 7.94. The summed E-state index contributed by atoms with van der Waals surface area (Å²) >= 11 is 0. The number of likely N-dealkylation sites (tertiary alicyclic amines) is 1. The van der Waals surface area contributed by atoms with Crippen LogP contribution in [-0.2, 0) is 5.41 Å². The number of fused-ring (bicyclic) bond motifs is 1. The third kappa shape index (κ3) is 4.22. The fraction of sp³-hybridized carbons (Fsp3) is 0.375. The summed E-state index contributed by atoms with van der Waals surface area (Å²) in [7, 11) is 0. The van der Waals surface area contributed by atoms with Crippen molar-refractivity contribution < 1.29 is 9.59 Å². The molecule has 4 rings (SSSR count). The summed E-state index contributed by atoms with van der Waals surface area (Å²) in [6, 6.07) is 13.4. The van der Waals surface area contributed by atoms with E-state index in [1.807, 2.05) is 47.4 Å². The summed E-state index contributed by atoms with van der Waals surface area (Å²) in [6.45, 7) is 7.74. The van der Waals surface area contributed by atoms with Crippen molar-refractivity contribution in [3.8, 4) is 0 Å². The summed E-state index contributed by atoms with van der Waals surface area (Å²) < 4.78 is 0. The molecule has 30 heavy (non-hydrogen) atoms. The zero-order valence-electron chi connectivity index (χ0n) is 17.7. The summed E-state index contributed by atoms with van der Waals surface area (Å²) in [5.41, 5.74) is 4.32. The second-order valence-corrected chi connectivity index (χ2v) is 9.00. The number of amides is 2. The van der Waals surface area contributed by atoms with Gasteiger partial charge in [0, 0.05) is 30.3 Å². The first-order valence-corrected chi connectivity index (χ1v) is 10.4. The van der Waals surface area contributed by atoms with Crippen LogP contribution in [0.4, 0.5) is 0 Å². The molecule has 0 spiro atoms. The van der Waals surface area contributed by atoms with Gasteiger partial charge in [-0.2, -0.15) is 0 Å². The number of benzene rings is 2. The minimum atomic E-state index is -0.0510. The lowest BCUT2D eigenvalue weighted by Gasteiger charge is -2.32. The third-order valence-electron chi connectivity index (χ3n) is 5.80. The lowest BCUT2D eigenvalue weighted by atomic mass is 9.86. The number of nitrogens with one attached hydrogen (secondary N) is 2. The SMILES string of the molecule is CC(C)(C)c1ccc(C(=O)NC2CCN(C(=O)c3ccc4nc[nH]c4c3)CC2)cc1. The number of hydrogen-bond donors (Lipinski definition) is 2. The zero-order chi connectivity index (χ0) is 21.3. The molecule has 0 radical (unpaired) electrons. The first-order chi connectivity index (χ1) is 14.3. The largest absolute Gasteiger partial charge is 0.349 e. The van der Waals surface area contributed by atoms with Gasteiger partial charge in [-0.1, -0.05) is 32.9 Å². The van der Waals surface area contributed by atoms with Crippen LogP contribution in [0.15, 0.2) is 48.8 Å². The Morgan fingerprint density at radius 2 is 1.70 bits per heavy atom. The van der Waals surface area contributed by atoms with Gasteiger partial charge in [0.25, 0.3) is 11.8 Å². The van der Waals surface area contributed by atoms with Crippen LogP contribution in [0, 0.1) is 0 Å². The molecule has 6 heteroatoms. The van der Waals surface area contributed by atoms with E-state index in [9.17, 15) is 9.59 Å². The smallest absolute Gasteiger partial charge is 0.253 e. The van der Waals surface area contributed by atoms with Crippen molar-refractivity contribution in [3.63, 3.8) is 0 Å². The van der Waals surface area contributed by atoms with Crippen molar-refractivity contribution in [2.75, 3.05) is 13.1 Å². The van der Waals surface area contributed by atoms with Crippen molar-refractivity contribution in [3.05, 3.63) is 65.5 Å². The molecular formula is C24H28N4O2. The van der Waals surface area contributed by atoms with E-state index in [0.29, 0.717) is 24.2 Å². The van der Waals surface area contributed by atoms with Crippen LogP contribution in [0.2, 0.25) is 0 Å². The van der Waals surface area contributed by atoms with Crippen molar-refractivity contribution in [1.29, 1.82) is 0 Å². The number of piperidine rings is 1. The van der Waals surface area contributed by atoms with Crippen LogP contribution >= 0.6 is 0 Å². The van der Waals surface area contributed by atoms with Gasteiger partial charge in [-0.15, -0.1) is 0 Å². The highest BCUT2D eigenvalue weighted by molar-refractivity contribution is 5.97. The standard InChI is InChI=1S/C24H28N4O2/c1-24(2,3)18-7-4-16(5-8-18)22(29)27-19-10-12-28(13-11-19)23(30)17-6-9-20-21(14-17)26-15-25-20/h4-9,14-15,19H,10-13H2,1-3H3,(H,25,26)(H,27,29). The quantitative estimate of drug-likeness (QED) is 0.695. The number of hydrogen-bond acceptors (Lipinski definition) is 3. The predicted molar refractivity (Wildman–Crippen MR) is 118 cm³/mol. The van der Waals surface area contributed by atoms with Crippen molar-refractivity contribution in [2.45, 2.75) is 45.1 Å². The fourth-order valence-corrected chi connectivity index (χ4v) is 3.87. The second-order valence-electron chi connectivity index (χ2n) is 9.00. The number of carbonyl (C=O) groups is 2. The minimum absolute atomic E-state index is 0.0223. The van der Waals surface area contributed by atoms with E-state index in [0.717, 1.165) is 23.9 Å². The highest BCUT2D eigenvalue weighted by Gasteiger charge is 2.25. The van der Waals surface area contributed by atoms with Gasteiger partial charge >= 0.3 is 0 Å². The van der Waals surface area contributed by atoms with Crippen molar-refractivity contribution in [2.24, 2.45) is 0 Å². The summed E-state index contributed by atoms with van der Waals surface area (Å²) in [4.78, 5) is 34.5. The maximum absolute atomic E-state index is 12.8. The van der Waals surface area contributed by atoms with Crippen LogP contribution in [0.5, 0.6) is 0 Å². The molecule has 1 saturated heterocycles. The molecule has 0 atom stereocenters. The molecule has 0 bridgehead atoms. The van der Waals surface area contributed by atoms with Gasteiger partial charge in [-0.05, 0) is 54.2 Å². The Bertz CT molecular complexity index is 1050. The number of rotatable bonds is 3. The molecule has 1 aliphatic rings. The minimum Gasteiger partial charge on any atom is -0.349 e. The van der Waals surface area contributed by atoms with E-state index in [2.05, 4.69) is 36.1 Å². The maximum atomic E-state index is 12.8. The first kappa shape index (κ1) is 20.1. The monoisotopic (exact) mass is 404 g/mol. The summed E-state index contributed by atoms with van der Waals surface area (Å²) in [5.74, 6) is -0.0287. The van der Waals surface area contributed by atoms with Gasteiger partial charge in [0.15, 0.2) is 0 Å². The van der Waals surface area contributed by atoms with E-state index in [-0.39, 0.29) is 23.3 Å². The van der Waals surface area contributed by atoms with Crippen LogP contribution in [0.1, 0.15) is 59.9 Å². The maximum Gasteiger partial charge on any atom is 0.253 e. The molecule has 0 unspecified atom stereocenters. The molecule has 2 amide bonds. The normalized spacial score (nSPS) is 15.4. The molecule has 6 nitrogen and oxygen atoms in total. The number of aromatic amines is 1. The van der Waals surface area contributed by atoms with Gasteiger partial charge in [-0.3, -0.25) is 9.59 Å². The predicted octanol–water partition coefficient (Wildman–Crippen LogP) is 3.90. The Morgan fingerprint density at radius 3 is 2.37 bits per heavy atom. The van der Waals surface area contributed by atoms with E-state index in [1.54, 1.807) is 6.33 Å². The average molecular weight is 405 g/mol. The topological polar surface area (TPSA) is 78.1 Å². The Kier molecular flexibility index (Phi) is 5.33. The van der Waals surface area contributed by atoms with Crippen LogP contribution < -0.4 is 5.32 Å². The van der Waals surface area contributed by atoms with E-state index in [4.69, 9.17) is 0 Å². The zero-order valence-corrected chi connectivity index (χ0v) is 17.7.